The van der Waals surface area contributed by atoms with E-state index >= 15 is 0 Å². The van der Waals surface area contributed by atoms with Crippen LogP contribution in [0.25, 0.3) is 0 Å². The number of aromatic amines is 1. The third kappa shape index (κ3) is 3.82. The number of aryl methyl sites for hydroxylation is 2. The van der Waals surface area contributed by atoms with E-state index in [1.54, 1.807) is 4.90 Å². The van der Waals surface area contributed by atoms with Crippen LogP contribution in [0, 0.1) is 19.8 Å². The van der Waals surface area contributed by atoms with Crippen LogP contribution in [0.15, 0.2) is 35.1 Å². The second-order valence-electron chi connectivity index (χ2n) is 6.92. The predicted octanol–water partition coefficient (Wildman–Crippen LogP) is 2.19. The molecule has 2 heterocycles. The Balaban J connectivity index is 1.68. The van der Waals surface area contributed by atoms with Gasteiger partial charge in [0, 0.05) is 18.8 Å². The fraction of sp³-hybridized carbons (Fsp3) is 0.400. The number of aliphatic hydroxyl groups excluding tert-OH is 1. The summed E-state index contributed by atoms with van der Waals surface area (Å²) in [7, 11) is 0. The molecule has 2 N–H and O–H groups in total. The van der Waals surface area contributed by atoms with E-state index in [9.17, 15) is 9.59 Å². The van der Waals surface area contributed by atoms with Crippen molar-refractivity contribution in [1.29, 1.82) is 0 Å². The molecule has 25 heavy (non-hydrogen) atoms. The van der Waals surface area contributed by atoms with Gasteiger partial charge in [-0.2, -0.15) is 0 Å². The van der Waals surface area contributed by atoms with Crippen LogP contribution in [0.2, 0.25) is 0 Å². The maximum Gasteiger partial charge on any atom is 0.261 e. The zero-order chi connectivity index (χ0) is 18.0. The summed E-state index contributed by atoms with van der Waals surface area (Å²) in [6.45, 7) is 5.04. The smallest absolute Gasteiger partial charge is 0.261 e. The summed E-state index contributed by atoms with van der Waals surface area (Å²) in [4.78, 5) is 29.4. The summed E-state index contributed by atoms with van der Waals surface area (Å²) >= 11 is 0. The highest BCUT2D eigenvalue weighted by atomic mass is 16.3. The van der Waals surface area contributed by atoms with Crippen LogP contribution in [0.1, 0.15) is 39.2 Å². The largest absolute Gasteiger partial charge is 0.392 e. The van der Waals surface area contributed by atoms with E-state index in [-0.39, 0.29) is 23.6 Å². The van der Waals surface area contributed by atoms with E-state index in [0.29, 0.717) is 19.0 Å². The van der Waals surface area contributed by atoms with Crippen LogP contribution in [0.4, 0.5) is 0 Å². The van der Waals surface area contributed by atoms with Crippen molar-refractivity contribution in [1.82, 2.24) is 9.88 Å². The monoisotopic (exact) mass is 340 g/mol. The van der Waals surface area contributed by atoms with Crippen LogP contribution >= 0.6 is 0 Å². The van der Waals surface area contributed by atoms with Crippen LogP contribution < -0.4 is 5.56 Å². The van der Waals surface area contributed by atoms with E-state index in [1.807, 2.05) is 44.2 Å². The van der Waals surface area contributed by atoms with Gasteiger partial charge in [0.15, 0.2) is 0 Å². The number of amides is 1. The molecule has 1 aromatic heterocycles. The molecule has 1 saturated heterocycles. The van der Waals surface area contributed by atoms with Crippen molar-refractivity contribution in [3.8, 4) is 0 Å². The molecule has 1 aromatic carbocycles. The maximum absolute atomic E-state index is 12.8. The first-order valence-corrected chi connectivity index (χ1v) is 8.66. The Morgan fingerprint density at radius 1 is 1.24 bits per heavy atom. The lowest BCUT2D eigenvalue weighted by Gasteiger charge is -2.17. The molecule has 5 heteroatoms. The molecule has 1 aliphatic rings. The number of carbonyl (C=O) groups is 1. The number of pyridine rings is 1. The molecule has 0 spiro atoms. The number of hydrogen-bond acceptors (Lipinski definition) is 3. The van der Waals surface area contributed by atoms with Crippen LogP contribution in [0.3, 0.4) is 0 Å². The van der Waals surface area contributed by atoms with Gasteiger partial charge in [-0.25, -0.2) is 0 Å². The minimum atomic E-state index is -0.300. The second-order valence-corrected chi connectivity index (χ2v) is 6.92. The number of aliphatic hydroxyl groups is 1. The van der Waals surface area contributed by atoms with Crippen LogP contribution in [0.5, 0.6) is 0 Å². The summed E-state index contributed by atoms with van der Waals surface area (Å²) in [5.74, 6) is 0.227. The zero-order valence-corrected chi connectivity index (χ0v) is 14.7. The Bertz CT molecular complexity index is 824. The van der Waals surface area contributed by atoms with Crippen molar-refractivity contribution >= 4 is 5.91 Å². The average Bonchev–Trinajstić information content (AvgIpc) is 3.03. The Morgan fingerprint density at radius 2 is 1.92 bits per heavy atom. The van der Waals surface area contributed by atoms with Gasteiger partial charge in [0.1, 0.15) is 5.56 Å². The highest BCUT2D eigenvalue weighted by molar-refractivity contribution is 5.95. The first kappa shape index (κ1) is 17.4. The molecule has 1 amide bonds. The Morgan fingerprint density at radius 3 is 2.56 bits per heavy atom. The molecule has 0 saturated carbocycles. The van der Waals surface area contributed by atoms with Gasteiger partial charge in [-0.1, -0.05) is 24.3 Å². The number of aromatic nitrogens is 1. The number of H-pyrrole nitrogens is 1. The van der Waals surface area contributed by atoms with Gasteiger partial charge >= 0.3 is 0 Å². The SMILES string of the molecule is Cc1cc(C)c(C(=O)N2CC[C@H](Cc3ccc(CO)cc3)C2)c(=O)[nH]1. The third-order valence-electron chi connectivity index (χ3n) is 4.88. The van der Waals surface area contributed by atoms with Gasteiger partial charge in [-0.3, -0.25) is 9.59 Å². The number of carbonyl (C=O) groups excluding carboxylic acids is 1. The molecule has 0 bridgehead atoms. The lowest BCUT2D eigenvalue weighted by atomic mass is 9.98. The third-order valence-corrected chi connectivity index (χ3v) is 4.88. The summed E-state index contributed by atoms with van der Waals surface area (Å²) in [5, 5.41) is 9.11. The minimum absolute atomic E-state index is 0.0520. The van der Waals surface area contributed by atoms with E-state index in [4.69, 9.17) is 5.11 Å². The van der Waals surface area contributed by atoms with E-state index in [0.717, 1.165) is 29.7 Å². The fourth-order valence-corrected chi connectivity index (χ4v) is 3.58. The first-order chi connectivity index (χ1) is 12.0. The van der Waals surface area contributed by atoms with Gasteiger partial charge in [0.2, 0.25) is 0 Å². The fourth-order valence-electron chi connectivity index (χ4n) is 3.58. The van der Waals surface area contributed by atoms with Gasteiger partial charge in [-0.15, -0.1) is 0 Å². The van der Waals surface area contributed by atoms with Gasteiger partial charge in [0.05, 0.1) is 6.61 Å². The Hall–Kier alpha value is -2.40. The quantitative estimate of drug-likeness (QED) is 0.896. The lowest BCUT2D eigenvalue weighted by Crippen LogP contribution is -2.34. The number of hydrogen-bond donors (Lipinski definition) is 2. The van der Waals surface area contributed by atoms with Crippen molar-refractivity contribution in [2.45, 2.75) is 33.3 Å². The van der Waals surface area contributed by atoms with Crippen LogP contribution in [-0.4, -0.2) is 34.0 Å². The Labute approximate surface area is 147 Å². The molecular weight excluding hydrogens is 316 g/mol. The van der Waals surface area contributed by atoms with Gasteiger partial charge in [-0.05, 0) is 55.4 Å². The van der Waals surface area contributed by atoms with E-state index < -0.39 is 0 Å². The normalized spacial score (nSPS) is 17.1. The molecule has 3 rings (SSSR count). The Kier molecular flexibility index (Phi) is 5.04. The number of likely N-dealkylation sites (tertiary alicyclic amines) is 1. The maximum atomic E-state index is 12.8. The summed E-state index contributed by atoms with van der Waals surface area (Å²) in [6.07, 6.45) is 1.84. The standard InChI is InChI=1S/C20H24N2O3/c1-13-9-14(2)21-19(24)18(13)20(25)22-8-7-17(11-22)10-15-3-5-16(12-23)6-4-15/h3-6,9,17,23H,7-8,10-12H2,1-2H3,(H,21,24)/t17-/m1/s1. The molecule has 1 atom stereocenters. The minimum Gasteiger partial charge on any atom is -0.392 e. The molecule has 1 aliphatic heterocycles. The number of nitrogens with one attached hydrogen (secondary N) is 1. The van der Waals surface area contributed by atoms with Crippen molar-refractivity contribution in [2.24, 2.45) is 5.92 Å². The summed E-state index contributed by atoms with van der Waals surface area (Å²) in [5.41, 5.74) is 3.57. The molecule has 0 unspecified atom stereocenters. The number of benzene rings is 1. The number of nitrogens with zero attached hydrogens (tertiary/aromatic N) is 1. The van der Waals surface area contributed by atoms with Crippen molar-refractivity contribution in [3.63, 3.8) is 0 Å². The molecule has 132 valence electrons. The molecule has 5 nitrogen and oxygen atoms in total. The first-order valence-electron chi connectivity index (χ1n) is 8.66. The average molecular weight is 340 g/mol. The van der Waals surface area contributed by atoms with Crippen molar-refractivity contribution in [2.75, 3.05) is 13.1 Å². The zero-order valence-electron chi connectivity index (χ0n) is 14.7. The molecule has 0 aliphatic carbocycles. The van der Waals surface area contributed by atoms with Gasteiger partial charge < -0.3 is 15.0 Å². The van der Waals surface area contributed by atoms with Crippen LogP contribution in [-0.2, 0) is 13.0 Å². The highest BCUT2D eigenvalue weighted by Crippen LogP contribution is 2.23. The summed E-state index contributed by atoms with van der Waals surface area (Å²) in [6, 6.07) is 9.77. The van der Waals surface area contributed by atoms with E-state index in [2.05, 4.69) is 4.98 Å². The van der Waals surface area contributed by atoms with Crippen molar-refractivity contribution in [3.05, 3.63) is 68.6 Å². The second kappa shape index (κ2) is 7.23. The summed E-state index contributed by atoms with van der Waals surface area (Å²) < 4.78 is 0. The highest BCUT2D eigenvalue weighted by Gasteiger charge is 2.29. The molecule has 2 aromatic rings. The van der Waals surface area contributed by atoms with Gasteiger partial charge in [0.25, 0.3) is 11.5 Å². The van der Waals surface area contributed by atoms with Crippen molar-refractivity contribution < 1.29 is 9.90 Å². The van der Waals surface area contributed by atoms with E-state index in [1.165, 1.54) is 5.56 Å². The predicted molar refractivity (Wildman–Crippen MR) is 96.6 cm³/mol. The molecule has 1 fully saturated rings. The molecular formula is C20H24N2O3. The lowest BCUT2D eigenvalue weighted by molar-refractivity contribution is 0.0784. The topological polar surface area (TPSA) is 73.4 Å². The number of rotatable bonds is 4. The molecule has 0 radical (unpaired) electrons.